The molecule has 0 atom stereocenters. The fourth-order valence-electron chi connectivity index (χ4n) is 1.97. The van der Waals surface area contributed by atoms with E-state index in [4.69, 9.17) is 4.74 Å². The van der Waals surface area contributed by atoms with Crippen LogP contribution in [0.1, 0.15) is 45.0 Å². The van der Waals surface area contributed by atoms with E-state index in [9.17, 15) is 19.2 Å². The summed E-state index contributed by atoms with van der Waals surface area (Å²) < 4.78 is 7.15. The summed E-state index contributed by atoms with van der Waals surface area (Å²) in [7, 11) is 1.28. The topological polar surface area (TPSA) is 99.4 Å². The van der Waals surface area contributed by atoms with E-state index >= 15 is 0 Å². The van der Waals surface area contributed by atoms with Crippen LogP contribution in [-0.4, -0.2) is 27.1 Å². The Morgan fingerprint density at radius 1 is 1.30 bits per heavy atom. The van der Waals surface area contributed by atoms with Gasteiger partial charge >= 0.3 is 11.8 Å². The minimum atomic E-state index is -0.842. The molecule has 1 N–H and O–H groups in total. The van der Waals surface area contributed by atoms with Gasteiger partial charge in [-0.15, -0.1) is 0 Å². The van der Waals surface area contributed by atoms with Gasteiger partial charge in [-0.25, -0.2) is 9.59 Å². The number of nitrogens with zero attached hydrogens (tertiary/aromatic N) is 2. The average Bonchev–Trinajstić information content (AvgIpc) is 2.39. The maximum Gasteiger partial charge on any atom is 0.413 e. The molecule has 0 aromatic carbocycles. The zero-order valence-electron chi connectivity index (χ0n) is 14.3. The Balaban J connectivity index is 3.48. The molecule has 0 radical (unpaired) electrons. The first-order valence-electron chi connectivity index (χ1n) is 7.27. The molecule has 0 saturated carbocycles. The molecule has 128 valence electrons. The van der Waals surface area contributed by atoms with E-state index < -0.39 is 22.9 Å². The van der Waals surface area contributed by atoms with Gasteiger partial charge in [0.1, 0.15) is 17.0 Å². The molecule has 0 unspecified atom stereocenters. The molecule has 1 rings (SSSR count). The zero-order valence-corrected chi connectivity index (χ0v) is 14.3. The first-order chi connectivity index (χ1) is 10.5. The van der Waals surface area contributed by atoms with Crippen molar-refractivity contribution in [3.63, 3.8) is 0 Å². The van der Waals surface area contributed by atoms with Crippen LogP contribution < -0.4 is 16.6 Å². The zero-order chi connectivity index (χ0) is 17.9. The molecule has 0 spiro atoms. The Morgan fingerprint density at radius 2 is 1.87 bits per heavy atom. The molecule has 1 heterocycles. The number of aromatic nitrogens is 2. The van der Waals surface area contributed by atoms with E-state index in [1.54, 1.807) is 20.8 Å². The van der Waals surface area contributed by atoms with Gasteiger partial charge in [-0.1, -0.05) is 13.8 Å². The smallest absolute Gasteiger partial charge is 0.413 e. The summed E-state index contributed by atoms with van der Waals surface area (Å²) in [6.45, 7) is 9.01. The van der Waals surface area contributed by atoms with Crippen LogP contribution in [0.15, 0.2) is 9.59 Å². The van der Waals surface area contributed by atoms with Crippen LogP contribution in [0.4, 0.5) is 10.6 Å². The molecule has 0 fully saturated rings. The molecule has 8 heteroatoms. The molecular weight excluding hydrogens is 302 g/mol. The van der Waals surface area contributed by atoms with Crippen LogP contribution >= 0.6 is 0 Å². The van der Waals surface area contributed by atoms with Gasteiger partial charge in [0.25, 0.3) is 5.56 Å². The molecule has 1 aromatic rings. The average molecular weight is 325 g/mol. The summed E-state index contributed by atoms with van der Waals surface area (Å²) >= 11 is 0. The molecule has 0 saturated heterocycles. The minimum absolute atomic E-state index is 0.0592. The van der Waals surface area contributed by atoms with Crippen molar-refractivity contribution in [2.45, 2.75) is 46.8 Å². The second-order valence-corrected chi connectivity index (χ2v) is 6.66. The Hall–Kier alpha value is -2.38. The van der Waals surface area contributed by atoms with E-state index in [0.29, 0.717) is 6.29 Å². The summed E-state index contributed by atoms with van der Waals surface area (Å²) in [6.07, 6.45) is -0.517. The van der Waals surface area contributed by atoms with Gasteiger partial charge in [0, 0.05) is 13.6 Å². The summed E-state index contributed by atoms with van der Waals surface area (Å²) in [6, 6.07) is 0. The third kappa shape index (κ3) is 4.54. The van der Waals surface area contributed by atoms with Crippen molar-refractivity contribution in [3.8, 4) is 0 Å². The number of rotatable bonds is 4. The van der Waals surface area contributed by atoms with Crippen molar-refractivity contribution in [1.82, 2.24) is 9.13 Å². The van der Waals surface area contributed by atoms with Crippen molar-refractivity contribution >= 4 is 18.2 Å². The van der Waals surface area contributed by atoms with E-state index in [1.165, 1.54) is 11.6 Å². The van der Waals surface area contributed by atoms with E-state index in [1.807, 2.05) is 13.8 Å². The molecule has 8 nitrogen and oxygen atoms in total. The highest BCUT2D eigenvalue weighted by Gasteiger charge is 2.22. The maximum atomic E-state index is 12.3. The Morgan fingerprint density at radius 3 is 2.30 bits per heavy atom. The molecular formula is C15H23N3O5. The minimum Gasteiger partial charge on any atom is -0.444 e. The third-order valence-electron chi connectivity index (χ3n) is 2.86. The lowest BCUT2D eigenvalue weighted by molar-refractivity contribution is 0.0634. The van der Waals surface area contributed by atoms with E-state index in [0.717, 1.165) is 4.57 Å². The lowest BCUT2D eigenvalue weighted by Crippen LogP contribution is -2.43. The summed E-state index contributed by atoms with van der Waals surface area (Å²) in [5, 5.41) is 2.36. The lowest BCUT2D eigenvalue weighted by Gasteiger charge is -2.22. The quantitative estimate of drug-likeness (QED) is 0.843. The molecule has 1 amide bonds. The number of ether oxygens (including phenoxy) is 1. The monoisotopic (exact) mass is 325 g/mol. The number of nitrogens with one attached hydrogen (secondary N) is 1. The molecule has 1 aromatic heterocycles. The molecule has 0 aliphatic carbocycles. The van der Waals surface area contributed by atoms with Gasteiger partial charge in [-0.3, -0.25) is 24.0 Å². The van der Waals surface area contributed by atoms with Crippen molar-refractivity contribution < 1.29 is 14.3 Å². The summed E-state index contributed by atoms with van der Waals surface area (Å²) in [5.41, 5.74) is -2.43. The standard InChI is InChI=1S/C15H23N3O5/c1-9(2)7-18-11(16-13(21)23-15(3,4)5)10(8-19)12(20)17(6)14(18)22/h8-9H,7H2,1-6H3,(H,16,21). The number of carbonyl (C=O) groups is 2. The van der Waals surface area contributed by atoms with Gasteiger partial charge in [0.2, 0.25) is 0 Å². The number of amides is 1. The predicted octanol–water partition coefficient (Wildman–Crippen LogP) is 1.36. The van der Waals surface area contributed by atoms with Crippen LogP contribution in [0.2, 0.25) is 0 Å². The van der Waals surface area contributed by atoms with Gasteiger partial charge < -0.3 is 4.74 Å². The van der Waals surface area contributed by atoms with Crippen molar-refractivity contribution in [2.75, 3.05) is 5.32 Å². The Bertz CT molecular complexity index is 722. The first kappa shape index (κ1) is 18.7. The van der Waals surface area contributed by atoms with Crippen molar-refractivity contribution in [3.05, 3.63) is 26.4 Å². The van der Waals surface area contributed by atoms with Crippen LogP contribution in [0.25, 0.3) is 0 Å². The molecule has 0 bridgehead atoms. The second kappa shape index (κ2) is 6.80. The van der Waals surface area contributed by atoms with Crippen LogP contribution in [0.5, 0.6) is 0 Å². The largest absolute Gasteiger partial charge is 0.444 e. The highest BCUT2D eigenvalue weighted by Crippen LogP contribution is 2.13. The van der Waals surface area contributed by atoms with E-state index in [-0.39, 0.29) is 23.8 Å². The molecule has 0 aliphatic heterocycles. The fraction of sp³-hybridized carbons (Fsp3) is 0.600. The van der Waals surface area contributed by atoms with Crippen LogP contribution in [0.3, 0.4) is 0 Å². The molecule has 23 heavy (non-hydrogen) atoms. The maximum absolute atomic E-state index is 12.3. The number of hydrogen-bond donors (Lipinski definition) is 1. The van der Waals surface area contributed by atoms with Crippen molar-refractivity contribution in [2.24, 2.45) is 13.0 Å². The van der Waals surface area contributed by atoms with E-state index in [2.05, 4.69) is 5.32 Å². The number of aldehydes is 1. The summed E-state index contributed by atoms with van der Waals surface area (Å²) in [4.78, 5) is 47.6. The number of carbonyl (C=O) groups excluding carboxylic acids is 2. The van der Waals surface area contributed by atoms with Crippen molar-refractivity contribution in [1.29, 1.82) is 0 Å². The SMILES string of the molecule is CC(C)Cn1c(NC(=O)OC(C)(C)C)c(C=O)c(=O)n(C)c1=O. The van der Waals surface area contributed by atoms with Crippen LogP contribution in [0, 0.1) is 5.92 Å². The highest BCUT2D eigenvalue weighted by molar-refractivity contribution is 5.91. The van der Waals surface area contributed by atoms with Gasteiger partial charge in [-0.2, -0.15) is 0 Å². The summed E-state index contributed by atoms with van der Waals surface area (Å²) in [5.74, 6) is -0.0834. The number of anilines is 1. The fourth-order valence-corrected chi connectivity index (χ4v) is 1.97. The highest BCUT2D eigenvalue weighted by atomic mass is 16.6. The third-order valence-corrected chi connectivity index (χ3v) is 2.86. The molecule has 0 aliphatic rings. The van der Waals surface area contributed by atoms with Gasteiger partial charge in [-0.05, 0) is 26.7 Å². The Kier molecular flexibility index (Phi) is 5.52. The second-order valence-electron chi connectivity index (χ2n) is 6.66. The van der Waals surface area contributed by atoms with Gasteiger partial charge in [0.05, 0.1) is 0 Å². The Labute approximate surface area is 134 Å². The predicted molar refractivity (Wildman–Crippen MR) is 86.0 cm³/mol. The number of hydrogen-bond acceptors (Lipinski definition) is 5. The normalized spacial score (nSPS) is 11.4. The first-order valence-corrected chi connectivity index (χ1v) is 7.27. The lowest BCUT2D eigenvalue weighted by atomic mass is 10.2. The van der Waals surface area contributed by atoms with Crippen LogP contribution in [-0.2, 0) is 18.3 Å². The van der Waals surface area contributed by atoms with Gasteiger partial charge in [0.15, 0.2) is 6.29 Å².